The highest BCUT2D eigenvalue weighted by atomic mass is 16.3. The molecule has 0 bridgehead atoms. The molecule has 2 aliphatic carbocycles. The molecule has 7 rings (SSSR count). The lowest BCUT2D eigenvalue weighted by Crippen LogP contribution is -2.28. The van der Waals surface area contributed by atoms with Gasteiger partial charge in [0.15, 0.2) is 23.1 Å². The normalized spacial score (nSPS) is 15.8. The van der Waals surface area contributed by atoms with Gasteiger partial charge < -0.3 is 4.42 Å². The summed E-state index contributed by atoms with van der Waals surface area (Å²) in [5, 5.41) is 23.7. The van der Waals surface area contributed by atoms with Crippen molar-refractivity contribution in [2.45, 2.75) is 83.1 Å². The number of allylic oxidation sites excluding steroid dienone is 10. The number of benzene rings is 4. The van der Waals surface area contributed by atoms with Crippen LogP contribution in [0.1, 0.15) is 94.6 Å². The maximum Gasteiger partial charge on any atom is 0.186 e. The molecule has 0 aliphatic heterocycles. The van der Waals surface area contributed by atoms with Gasteiger partial charge in [-0.05, 0) is 104 Å². The van der Waals surface area contributed by atoms with Crippen molar-refractivity contribution < 1.29 is 14.0 Å². The summed E-state index contributed by atoms with van der Waals surface area (Å²) >= 11 is 0. The Bertz CT molecular complexity index is 2590. The lowest BCUT2D eigenvalue weighted by molar-refractivity contribution is -0.114. The van der Waals surface area contributed by atoms with E-state index < -0.39 is 21.7 Å². The SMILES string of the molecule is CC(C)(C)C1=CC(=C(N=Nc2ccc3ccccc3c2)c2ccc(C(N=Nc3ccc4ccccc4c3)=C3C=C(C(C)(C)C)C(=O)C(C(C)(C)C)=C3)o2)C=C(C(C)(C)C)C1=O. The highest BCUT2D eigenvalue weighted by molar-refractivity contribution is 6.13. The third-order valence-electron chi connectivity index (χ3n) is 11.0. The molecular formula is C54H56N4O3. The minimum Gasteiger partial charge on any atom is -0.453 e. The largest absolute Gasteiger partial charge is 0.453 e. The second kappa shape index (κ2) is 15.9. The fourth-order valence-corrected chi connectivity index (χ4v) is 7.54. The van der Waals surface area contributed by atoms with Crippen LogP contribution in [0.15, 0.2) is 180 Å². The topological polar surface area (TPSA) is 96.7 Å². The molecule has 0 unspecified atom stereocenters. The van der Waals surface area contributed by atoms with Crippen molar-refractivity contribution in [2.75, 3.05) is 0 Å². The smallest absolute Gasteiger partial charge is 0.186 e. The summed E-state index contributed by atoms with van der Waals surface area (Å²) < 4.78 is 6.86. The first kappa shape index (κ1) is 42.8. The Balaban J connectivity index is 1.48. The van der Waals surface area contributed by atoms with Gasteiger partial charge in [0.2, 0.25) is 0 Å². The lowest BCUT2D eigenvalue weighted by atomic mass is 9.71. The standard InChI is InChI=1S/C54H56N4O3/c1-51(2,3)41-29-37(30-42(49(41)59)52(4,5)6)47(57-55-39-23-21-33-17-13-15-19-35(33)27-39)45-25-26-46(61-45)48(58-56-40-24-22-34-18-14-16-20-36(34)28-40)38-31-43(53(7,8)9)50(60)44(32-38)54(10,11)12/h13-32H,1-12H3. The fraction of sp³-hybridized carbons (Fsp3) is 0.296. The van der Waals surface area contributed by atoms with Crippen LogP contribution in [-0.4, -0.2) is 11.6 Å². The second-order valence-corrected chi connectivity index (χ2v) is 20.1. The number of carbonyl (C=O) groups excluding carboxylic acids is 2. The van der Waals surface area contributed by atoms with Gasteiger partial charge in [-0.25, -0.2) is 0 Å². The summed E-state index contributed by atoms with van der Waals surface area (Å²) in [5.41, 5.74) is 4.61. The van der Waals surface area contributed by atoms with Crippen molar-refractivity contribution in [1.29, 1.82) is 0 Å². The Labute approximate surface area is 360 Å². The molecule has 1 aromatic heterocycles. The van der Waals surface area contributed by atoms with E-state index in [0.29, 0.717) is 67.7 Å². The molecule has 0 saturated heterocycles. The molecular weight excluding hydrogens is 753 g/mol. The van der Waals surface area contributed by atoms with E-state index in [-0.39, 0.29) is 11.6 Å². The van der Waals surface area contributed by atoms with E-state index in [0.717, 1.165) is 21.5 Å². The van der Waals surface area contributed by atoms with Gasteiger partial charge in [-0.2, -0.15) is 10.2 Å². The molecule has 310 valence electrons. The van der Waals surface area contributed by atoms with E-state index in [1.165, 1.54) is 0 Å². The second-order valence-electron chi connectivity index (χ2n) is 20.1. The first-order chi connectivity index (χ1) is 28.6. The van der Waals surface area contributed by atoms with Crippen LogP contribution in [0.2, 0.25) is 0 Å². The first-order valence-corrected chi connectivity index (χ1v) is 21.0. The Morgan fingerprint density at radius 2 is 0.721 bits per heavy atom. The third-order valence-corrected chi connectivity index (χ3v) is 11.0. The van der Waals surface area contributed by atoms with Crippen LogP contribution in [0.3, 0.4) is 0 Å². The number of carbonyl (C=O) groups is 2. The highest BCUT2D eigenvalue weighted by Crippen LogP contribution is 2.44. The van der Waals surface area contributed by atoms with Crippen molar-refractivity contribution in [3.63, 3.8) is 0 Å². The number of rotatable bonds is 6. The van der Waals surface area contributed by atoms with Crippen LogP contribution in [0, 0.1) is 21.7 Å². The molecule has 0 N–H and O–H groups in total. The zero-order chi connectivity index (χ0) is 44.1. The molecule has 0 atom stereocenters. The minimum absolute atomic E-state index is 0.0190. The molecule has 0 fully saturated rings. The van der Waals surface area contributed by atoms with E-state index in [2.05, 4.69) is 24.3 Å². The fourth-order valence-electron chi connectivity index (χ4n) is 7.54. The number of azo groups is 2. The van der Waals surface area contributed by atoms with Gasteiger partial charge in [-0.3, -0.25) is 9.59 Å². The van der Waals surface area contributed by atoms with Crippen LogP contribution in [0.4, 0.5) is 11.4 Å². The molecule has 0 saturated carbocycles. The Hall–Kier alpha value is -6.34. The van der Waals surface area contributed by atoms with E-state index in [9.17, 15) is 9.59 Å². The lowest BCUT2D eigenvalue weighted by Gasteiger charge is -2.31. The summed E-state index contributed by atoms with van der Waals surface area (Å²) in [4.78, 5) is 28.1. The summed E-state index contributed by atoms with van der Waals surface area (Å²) in [5.74, 6) is 0.906. The van der Waals surface area contributed by atoms with Crippen molar-refractivity contribution in [2.24, 2.45) is 42.1 Å². The molecule has 0 radical (unpaired) electrons. The molecule has 1 heterocycles. The number of hydrogen-bond donors (Lipinski definition) is 0. The zero-order valence-corrected chi connectivity index (χ0v) is 37.6. The number of fused-ring (bicyclic) bond motifs is 2. The number of Topliss-reactive ketones (excluding diaryl/α,β-unsaturated/α-hetero) is 2. The number of furan rings is 1. The van der Waals surface area contributed by atoms with Crippen molar-refractivity contribution >= 4 is 55.9 Å². The van der Waals surface area contributed by atoms with Crippen molar-refractivity contribution in [1.82, 2.24) is 0 Å². The average Bonchev–Trinajstić information content (AvgIpc) is 3.66. The Kier molecular flexibility index (Phi) is 11.2. The summed E-state index contributed by atoms with van der Waals surface area (Å²) in [6.45, 7) is 24.6. The average molecular weight is 809 g/mol. The summed E-state index contributed by atoms with van der Waals surface area (Å²) in [6.07, 6.45) is 7.71. The van der Waals surface area contributed by atoms with E-state index >= 15 is 0 Å². The van der Waals surface area contributed by atoms with Crippen LogP contribution in [-0.2, 0) is 9.59 Å². The number of nitrogens with zero attached hydrogens (tertiary/aromatic N) is 4. The third kappa shape index (κ3) is 9.22. The number of ketones is 2. The van der Waals surface area contributed by atoms with Gasteiger partial charge in [-0.15, -0.1) is 10.2 Å². The van der Waals surface area contributed by atoms with E-state index in [1.807, 2.05) is 180 Å². The molecule has 7 nitrogen and oxygen atoms in total. The predicted octanol–water partition coefficient (Wildman–Crippen LogP) is 15.6. The minimum atomic E-state index is -0.449. The van der Waals surface area contributed by atoms with Crippen LogP contribution < -0.4 is 0 Å². The molecule has 0 spiro atoms. The van der Waals surface area contributed by atoms with Gasteiger partial charge >= 0.3 is 0 Å². The summed E-state index contributed by atoms with van der Waals surface area (Å²) in [7, 11) is 0. The Morgan fingerprint density at radius 3 is 1.03 bits per heavy atom. The van der Waals surface area contributed by atoms with Crippen molar-refractivity contribution in [3.8, 4) is 0 Å². The maximum atomic E-state index is 14.1. The predicted molar refractivity (Wildman–Crippen MR) is 250 cm³/mol. The van der Waals surface area contributed by atoms with Gasteiger partial charge in [-0.1, -0.05) is 144 Å². The zero-order valence-electron chi connectivity index (χ0n) is 37.6. The molecule has 61 heavy (non-hydrogen) atoms. The van der Waals surface area contributed by atoms with Crippen molar-refractivity contribution in [3.05, 3.63) is 166 Å². The van der Waals surface area contributed by atoms with E-state index in [4.69, 9.17) is 24.9 Å². The summed E-state index contributed by atoms with van der Waals surface area (Å²) in [6, 6.07) is 31.9. The Morgan fingerprint density at radius 1 is 0.410 bits per heavy atom. The van der Waals surface area contributed by atoms with Gasteiger partial charge in [0.05, 0.1) is 11.4 Å². The van der Waals surface area contributed by atoms with Gasteiger partial charge in [0, 0.05) is 33.4 Å². The first-order valence-electron chi connectivity index (χ1n) is 21.0. The maximum absolute atomic E-state index is 14.1. The molecule has 2 aliphatic rings. The van der Waals surface area contributed by atoms with Crippen LogP contribution >= 0.6 is 0 Å². The molecule has 4 aromatic carbocycles. The van der Waals surface area contributed by atoms with Gasteiger partial charge in [0.25, 0.3) is 0 Å². The molecule has 5 aromatic rings. The molecule has 0 amide bonds. The number of hydrogen-bond acceptors (Lipinski definition) is 7. The van der Waals surface area contributed by atoms with Gasteiger partial charge in [0.1, 0.15) is 11.4 Å². The van der Waals surface area contributed by atoms with Crippen LogP contribution in [0.25, 0.3) is 32.9 Å². The molecule has 7 heteroatoms. The quantitative estimate of drug-likeness (QED) is 0.160. The van der Waals surface area contributed by atoms with E-state index in [1.54, 1.807) is 0 Å². The monoisotopic (exact) mass is 808 g/mol. The highest BCUT2D eigenvalue weighted by Gasteiger charge is 2.37. The van der Waals surface area contributed by atoms with Crippen LogP contribution in [0.5, 0.6) is 0 Å².